The molecular formula is C15H23ClN2O2. The summed E-state index contributed by atoms with van der Waals surface area (Å²) in [5.74, 6) is 1.85. The molecule has 0 radical (unpaired) electrons. The van der Waals surface area contributed by atoms with Crippen LogP contribution in [0.5, 0.6) is 11.5 Å². The highest BCUT2D eigenvalue weighted by Crippen LogP contribution is 2.37. The maximum atomic E-state index is 6.41. The molecule has 2 rings (SSSR count). The van der Waals surface area contributed by atoms with Gasteiger partial charge >= 0.3 is 0 Å². The van der Waals surface area contributed by atoms with Crippen molar-refractivity contribution in [1.29, 1.82) is 0 Å². The molecule has 1 heterocycles. The predicted molar refractivity (Wildman–Crippen MR) is 81.6 cm³/mol. The normalized spacial score (nSPS) is 23.6. The number of benzene rings is 1. The summed E-state index contributed by atoms with van der Waals surface area (Å²) in [5.41, 5.74) is 7.19. The lowest BCUT2D eigenvalue weighted by Gasteiger charge is -2.35. The molecule has 1 aromatic carbocycles. The van der Waals surface area contributed by atoms with E-state index in [4.69, 9.17) is 26.8 Å². The van der Waals surface area contributed by atoms with E-state index in [0.717, 1.165) is 31.6 Å². The van der Waals surface area contributed by atoms with Crippen LogP contribution in [0.2, 0.25) is 5.02 Å². The van der Waals surface area contributed by atoms with E-state index < -0.39 is 0 Å². The molecule has 1 aliphatic rings. The minimum Gasteiger partial charge on any atom is -0.493 e. The Morgan fingerprint density at radius 3 is 2.70 bits per heavy atom. The van der Waals surface area contributed by atoms with Crippen LogP contribution < -0.4 is 15.2 Å². The minimum atomic E-state index is 0.239. The van der Waals surface area contributed by atoms with Gasteiger partial charge in [-0.25, -0.2) is 0 Å². The Kier molecular flexibility index (Phi) is 5.13. The SMILES string of the molecule is COc1ccc(CN2CCC(C)C(N)C2)c(Cl)c1OC. The Morgan fingerprint density at radius 2 is 2.10 bits per heavy atom. The summed E-state index contributed by atoms with van der Waals surface area (Å²) in [4.78, 5) is 2.35. The molecule has 1 aliphatic heterocycles. The van der Waals surface area contributed by atoms with E-state index in [2.05, 4.69) is 11.8 Å². The molecular weight excluding hydrogens is 276 g/mol. The van der Waals surface area contributed by atoms with Crippen molar-refractivity contribution in [3.8, 4) is 11.5 Å². The van der Waals surface area contributed by atoms with Crippen molar-refractivity contribution in [2.24, 2.45) is 11.7 Å². The molecule has 112 valence electrons. The monoisotopic (exact) mass is 298 g/mol. The number of rotatable bonds is 4. The Balaban J connectivity index is 2.14. The van der Waals surface area contributed by atoms with Gasteiger partial charge in [-0.05, 0) is 30.5 Å². The highest BCUT2D eigenvalue weighted by molar-refractivity contribution is 6.33. The van der Waals surface area contributed by atoms with E-state index in [0.29, 0.717) is 22.4 Å². The molecule has 0 aliphatic carbocycles. The summed E-state index contributed by atoms with van der Waals surface area (Å²) in [6.07, 6.45) is 1.13. The lowest BCUT2D eigenvalue weighted by Crippen LogP contribution is -2.47. The number of likely N-dealkylation sites (tertiary alicyclic amines) is 1. The second-order valence-electron chi connectivity index (χ2n) is 5.44. The first-order chi connectivity index (χ1) is 9.56. The number of hydrogen-bond acceptors (Lipinski definition) is 4. The second kappa shape index (κ2) is 6.66. The van der Waals surface area contributed by atoms with Crippen LogP contribution in [0.25, 0.3) is 0 Å². The van der Waals surface area contributed by atoms with Crippen molar-refractivity contribution in [3.63, 3.8) is 0 Å². The standard InChI is InChI=1S/C15H23ClN2O2/c1-10-6-7-18(9-12(10)17)8-11-4-5-13(19-2)15(20-3)14(11)16/h4-5,10,12H,6-9,17H2,1-3H3. The molecule has 0 aromatic heterocycles. The smallest absolute Gasteiger partial charge is 0.179 e. The predicted octanol–water partition coefficient (Wildman–Crippen LogP) is 2.53. The summed E-state index contributed by atoms with van der Waals surface area (Å²) in [5, 5.41) is 0.624. The highest BCUT2D eigenvalue weighted by atomic mass is 35.5. The summed E-state index contributed by atoms with van der Waals surface area (Å²) in [6, 6.07) is 4.13. The molecule has 1 aromatic rings. The van der Waals surface area contributed by atoms with Gasteiger partial charge in [-0.2, -0.15) is 0 Å². The maximum absolute atomic E-state index is 6.41. The zero-order valence-electron chi connectivity index (χ0n) is 12.4. The lowest BCUT2D eigenvalue weighted by molar-refractivity contribution is 0.162. The summed E-state index contributed by atoms with van der Waals surface area (Å²) >= 11 is 6.41. The fourth-order valence-electron chi connectivity index (χ4n) is 2.61. The first-order valence-electron chi connectivity index (χ1n) is 6.94. The molecule has 20 heavy (non-hydrogen) atoms. The summed E-state index contributed by atoms with van der Waals surface area (Å²) in [7, 11) is 3.21. The van der Waals surface area contributed by atoms with Gasteiger partial charge in [0, 0.05) is 19.1 Å². The van der Waals surface area contributed by atoms with Crippen molar-refractivity contribution < 1.29 is 9.47 Å². The number of ether oxygens (including phenoxy) is 2. The van der Waals surface area contributed by atoms with E-state index in [1.54, 1.807) is 14.2 Å². The molecule has 1 fully saturated rings. The molecule has 0 amide bonds. The van der Waals surface area contributed by atoms with Crippen LogP contribution in [0, 0.1) is 5.92 Å². The highest BCUT2D eigenvalue weighted by Gasteiger charge is 2.24. The Labute approximate surface area is 125 Å². The number of hydrogen-bond donors (Lipinski definition) is 1. The maximum Gasteiger partial charge on any atom is 0.179 e. The van der Waals surface area contributed by atoms with E-state index in [1.807, 2.05) is 12.1 Å². The van der Waals surface area contributed by atoms with Crippen LogP contribution in [0.4, 0.5) is 0 Å². The number of piperidine rings is 1. The third kappa shape index (κ3) is 3.19. The first kappa shape index (κ1) is 15.4. The van der Waals surface area contributed by atoms with Gasteiger partial charge < -0.3 is 15.2 Å². The molecule has 2 atom stereocenters. The lowest BCUT2D eigenvalue weighted by atomic mass is 9.94. The molecule has 2 unspecified atom stereocenters. The number of methoxy groups -OCH3 is 2. The first-order valence-corrected chi connectivity index (χ1v) is 7.32. The van der Waals surface area contributed by atoms with Crippen LogP contribution in [0.1, 0.15) is 18.9 Å². The van der Waals surface area contributed by atoms with Gasteiger partial charge in [0.25, 0.3) is 0 Å². The molecule has 0 bridgehead atoms. The quantitative estimate of drug-likeness (QED) is 0.928. The Bertz CT molecular complexity index is 467. The van der Waals surface area contributed by atoms with Gasteiger partial charge in [-0.15, -0.1) is 0 Å². The molecule has 2 N–H and O–H groups in total. The van der Waals surface area contributed by atoms with E-state index in [1.165, 1.54) is 0 Å². The third-order valence-corrected chi connectivity index (χ3v) is 4.47. The van der Waals surface area contributed by atoms with Crippen LogP contribution in [0.15, 0.2) is 12.1 Å². The van der Waals surface area contributed by atoms with Crippen molar-refractivity contribution in [3.05, 3.63) is 22.7 Å². The number of nitrogens with two attached hydrogens (primary N) is 1. The third-order valence-electron chi connectivity index (χ3n) is 4.06. The average Bonchev–Trinajstić information content (AvgIpc) is 2.44. The van der Waals surface area contributed by atoms with E-state index in [-0.39, 0.29) is 6.04 Å². The summed E-state index contributed by atoms with van der Waals surface area (Å²) < 4.78 is 10.6. The van der Waals surface area contributed by atoms with Crippen LogP contribution in [-0.2, 0) is 6.54 Å². The van der Waals surface area contributed by atoms with Gasteiger partial charge in [-0.3, -0.25) is 4.90 Å². The molecule has 5 heteroatoms. The van der Waals surface area contributed by atoms with Gasteiger partial charge in [0.15, 0.2) is 11.5 Å². The zero-order valence-corrected chi connectivity index (χ0v) is 13.1. The Morgan fingerprint density at radius 1 is 1.35 bits per heavy atom. The summed E-state index contributed by atoms with van der Waals surface area (Å²) in [6.45, 7) is 4.97. The van der Waals surface area contributed by atoms with Crippen molar-refractivity contribution in [2.75, 3.05) is 27.3 Å². The van der Waals surface area contributed by atoms with Gasteiger partial charge in [0.1, 0.15) is 0 Å². The molecule has 0 saturated carbocycles. The number of nitrogens with zero attached hydrogens (tertiary/aromatic N) is 1. The second-order valence-corrected chi connectivity index (χ2v) is 5.82. The Hall–Kier alpha value is -0.970. The van der Waals surface area contributed by atoms with E-state index in [9.17, 15) is 0 Å². The van der Waals surface area contributed by atoms with Gasteiger partial charge in [-0.1, -0.05) is 24.6 Å². The van der Waals surface area contributed by atoms with Crippen molar-refractivity contribution in [1.82, 2.24) is 4.90 Å². The number of halogens is 1. The topological polar surface area (TPSA) is 47.7 Å². The fraction of sp³-hybridized carbons (Fsp3) is 0.600. The molecule has 4 nitrogen and oxygen atoms in total. The molecule has 0 spiro atoms. The van der Waals surface area contributed by atoms with Gasteiger partial charge in [0.2, 0.25) is 0 Å². The van der Waals surface area contributed by atoms with Crippen molar-refractivity contribution in [2.45, 2.75) is 25.9 Å². The minimum absolute atomic E-state index is 0.239. The van der Waals surface area contributed by atoms with Gasteiger partial charge in [0.05, 0.1) is 19.2 Å². The van der Waals surface area contributed by atoms with Crippen LogP contribution >= 0.6 is 11.6 Å². The average molecular weight is 299 g/mol. The largest absolute Gasteiger partial charge is 0.493 e. The van der Waals surface area contributed by atoms with E-state index >= 15 is 0 Å². The molecule has 1 saturated heterocycles. The van der Waals surface area contributed by atoms with Crippen LogP contribution in [0.3, 0.4) is 0 Å². The van der Waals surface area contributed by atoms with Crippen LogP contribution in [-0.4, -0.2) is 38.3 Å². The zero-order chi connectivity index (χ0) is 14.7. The van der Waals surface area contributed by atoms with Crippen molar-refractivity contribution >= 4 is 11.6 Å². The fourth-order valence-corrected chi connectivity index (χ4v) is 2.90.